The molecule has 0 radical (unpaired) electrons. The van der Waals surface area contributed by atoms with Gasteiger partial charge >= 0.3 is 0 Å². The number of halogens is 2. The smallest absolute Gasteiger partial charge is 0.161 e. The van der Waals surface area contributed by atoms with Gasteiger partial charge < -0.3 is 9.64 Å². The third-order valence-electron chi connectivity index (χ3n) is 7.00. The molecule has 176 valence electrons. The zero-order chi connectivity index (χ0) is 23.8. The minimum atomic E-state index is -0.323. The van der Waals surface area contributed by atoms with Crippen LogP contribution in [0, 0.1) is 0 Å². The third kappa shape index (κ3) is 4.18. The molecule has 0 saturated heterocycles. The number of hydrogen-bond acceptors (Lipinski definition) is 4. The molecule has 0 N–H and O–H groups in total. The van der Waals surface area contributed by atoms with Crippen molar-refractivity contribution < 1.29 is 14.3 Å². The summed E-state index contributed by atoms with van der Waals surface area (Å²) in [5.74, 6) is 0.677. The molecule has 0 spiro atoms. The van der Waals surface area contributed by atoms with Gasteiger partial charge in [0.2, 0.25) is 0 Å². The van der Waals surface area contributed by atoms with Crippen molar-refractivity contribution in [2.24, 2.45) is 0 Å². The number of nitrogens with zero attached hydrogens (tertiary/aromatic N) is 1. The van der Waals surface area contributed by atoms with E-state index in [9.17, 15) is 9.59 Å². The van der Waals surface area contributed by atoms with Crippen LogP contribution < -0.4 is 4.74 Å². The maximum atomic E-state index is 13.2. The van der Waals surface area contributed by atoms with E-state index in [2.05, 4.69) is 11.8 Å². The van der Waals surface area contributed by atoms with Crippen molar-refractivity contribution in [1.29, 1.82) is 0 Å². The Balaban J connectivity index is 1.54. The van der Waals surface area contributed by atoms with Gasteiger partial charge in [-0.25, -0.2) is 0 Å². The lowest BCUT2D eigenvalue weighted by molar-refractivity contribution is -0.117. The number of ketones is 2. The first-order valence-corrected chi connectivity index (χ1v) is 12.7. The van der Waals surface area contributed by atoms with Gasteiger partial charge in [-0.05, 0) is 62.4 Å². The predicted molar refractivity (Wildman–Crippen MR) is 134 cm³/mol. The molecule has 4 nitrogen and oxygen atoms in total. The van der Waals surface area contributed by atoms with Gasteiger partial charge in [-0.2, -0.15) is 0 Å². The molecule has 0 fully saturated rings. The Bertz CT molecular complexity index is 1190. The van der Waals surface area contributed by atoms with Crippen LogP contribution in [-0.4, -0.2) is 23.0 Å². The molecule has 0 bridgehead atoms. The summed E-state index contributed by atoms with van der Waals surface area (Å²) in [6, 6.07) is 13.1. The van der Waals surface area contributed by atoms with Crippen molar-refractivity contribution in [2.45, 2.75) is 58.0 Å². The lowest BCUT2D eigenvalue weighted by atomic mass is 9.71. The second kappa shape index (κ2) is 9.59. The van der Waals surface area contributed by atoms with Crippen LogP contribution in [0.4, 0.5) is 0 Å². The van der Waals surface area contributed by atoms with Gasteiger partial charge in [-0.1, -0.05) is 41.4 Å². The highest BCUT2D eigenvalue weighted by molar-refractivity contribution is 6.35. The van der Waals surface area contributed by atoms with Crippen molar-refractivity contribution in [2.75, 3.05) is 6.54 Å². The average Bonchev–Trinajstić information content (AvgIpc) is 2.83. The van der Waals surface area contributed by atoms with Crippen molar-refractivity contribution in [3.05, 3.63) is 86.2 Å². The van der Waals surface area contributed by atoms with E-state index < -0.39 is 0 Å². The highest BCUT2D eigenvalue weighted by Crippen LogP contribution is 2.49. The van der Waals surface area contributed by atoms with E-state index in [-0.39, 0.29) is 17.5 Å². The molecule has 0 amide bonds. The largest absolute Gasteiger partial charge is 0.489 e. The Morgan fingerprint density at radius 1 is 0.912 bits per heavy atom. The summed E-state index contributed by atoms with van der Waals surface area (Å²) in [7, 11) is 0. The second-order valence-corrected chi connectivity index (χ2v) is 9.89. The zero-order valence-corrected chi connectivity index (χ0v) is 20.7. The zero-order valence-electron chi connectivity index (χ0n) is 19.2. The van der Waals surface area contributed by atoms with E-state index in [4.69, 9.17) is 27.9 Å². The topological polar surface area (TPSA) is 46.6 Å². The van der Waals surface area contributed by atoms with Crippen LogP contribution in [-0.2, 0) is 16.2 Å². The van der Waals surface area contributed by atoms with Crippen molar-refractivity contribution >= 4 is 34.8 Å². The van der Waals surface area contributed by atoms with Crippen LogP contribution >= 0.6 is 23.2 Å². The first-order valence-electron chi connectivity index (χ1n) is 11.9. The van der Waals surface area contributed by atoms with E-state index in [1.54, 1.807) is 12.1 Å². The molecule has 1 aliphatic heterocycles. The Labute approximate surface area is 210 Å². The van der Waals surface area contributed by atoms with Gasteiger partial charge in [-0.3, -0.25) is 9.59 Å². The van der Waals surface area contributed by atoms with Gasteiger partial charge in [0.25, 0.3) is 0 Å². The summed E-state index contributed by atoms with van der Waals surface area (Å²) < 4.78 is 6.07. The fraction of sp³-hybridized carbons (Fsp3) is 0.357. The molecule has 0 atom stereocenters. The number of hydrogen-bond donors (Lipinski definition) is 0. The molecule has 0 aromatic heterocycles. The fourth-order valence-corrected chi connectivity index (χ4v) is 5.98. The second-order valence-electron chi connectivity index (χ2n) is 9.05. The molecule has 5 rings (SSSR count). The predicted octanol–water partition coefficient (Wildman–Crippen LogP) is 7.01. The number of carbonyl (C=O) groups excluding carboxylic acids is 2. The van der Waals surface area contributed by atoms with E-state index in [0.29, 0.717) is 35.2 Å². The van der Waals surface area contributed by atoms with Gasteiger partial charge in [0.15, 0.2) is 11.6 Å². The maximum absolute atomic E-state index is 13.2. The van der Waals surface area contributed by atoms with Crippen LogP contribution in [0.15, 0.2) is 65.0 Å². The van der Waals surface area contributed by atoms with Crippen LogP contribution in [0.1, 0.15) is 62.5 Å². The fourth-order valence-electron chi connectivity index (χ4n) is 5.52. The van der Waals surface area contributed by atoms with E-state index >= 15 is 0 Å². The molecular formula is C28H27Cl2NO3. The van der Waals surface area contributed by atoms with Gasteiger partial charge in [0.05, 0.1) is 0 Å². The number of allylic oxidation sites excluding steroid dienone is 4. The van der Waals surface area contributed by atoms with Crippen LogP contribution in [0.2, 0.25) is 10.0 Å². The average molecular weight is 496 g/mol. The third-order valence-corrected chi connectivity index (χ3v) is 7.59. The van der Waals surface area contributed by atoms with Crippen LogP contribution in [0.25, 0.3) is 0 Å². The monoisotopic (exact) mass is 495 g/mol. The number of ether oxygens (including phenoxy) is 1. The Hall–Kier alpha value is -2.56. The molecule has 2 aromatic carbocycles. The molecule has 0 saturated carbocycles. The van der Waals surface area contributed by atoms with Crippen molar-refractivity contribution in [1.82, 2.24) is 4.90 Å². The number of carbonyl (C=O) groups is 2. The van der Waals surface area contributed by atoms with E-state index in [1.807, 2.05) is 30.3 Å². The highest BCUT2D eigenvalue weighted by atomic mass is 35.5. The first kappa shape index (κ1) is 23.2. The minimum absolute atomic E-state index is 0.161. The van der Waals surface area contributed by atoms with Gasteiger partial charge in [0, 0.05) is 63.5 Å². The number of rotatable bonds is 5. The first-order chi connectivity index (χ1) is 16.5. The van der Waals surface area contributed by atoms with E-state index in [0.717, 1.165) is 65.9 Å². The van der Waals surface area contributed by atoms with Crippen molar-refractivity contribution in [3.8, 4) is 5.75 Å². The summed E-state index contributed by atoms with van der Waals surface area (Å²) in [4.78, 5) is 28.7. The normalized spacial score (nSPS) is 18.9. The highest BCUT2D eigenvalue weighted by Gasteiger charge is 2.42. The Morgan fingerprint density at radius 3 is 2.21 bits per heavy atom. The summed E-state index contributed by atoms with van der Waals surface area (Å²) in [6.45, 7) is 3.17. The standard InChI is InChI=1S/C28H27Cl2NO3/c1-2-31-22-8-4-10-24(32)27(22)26(28-23(31)9-5-11-25(28)33)17-6-3-7-20(14-17)34-16-18-12-13-19(29)15-21(18)30/h3,6-7,12-15,26H,2,4-5,8-11,16H2,1H3. The molecule has 0 unspecified atom stereocenters. The molecular weight excluding hydrogens is 469 g/mol. The maximum Gasteiger partial charge on any atom is 0.161 e. The van der Waals surface area contributed by atoms with Gasteiger partial charge in [-0.15, -0.1) is 0 Å². The molecule has 3 aliphatic rings. The Kier molecular flexibility index (Phi) is 6.54. The molecule has 1 heterocycles. The lowest BCUT2D eigenvalue weighted by Crippen LogP contribution is -2.39. The molecule has 34 heavy (non-hydrogen) atoms. The summed E-state index contributed by atoms with van der Waals surface area (Å²) in [5.41, 5.74) is 5.60. The summed E-state index contributed by atoms with van der Waals surface area (Å²) >= 11 is 12.3. The minimum Gasteiger partial charge on any atom is -0.489 e. The van der Waals surface area contributed by atoms with E-state index in [1.165, 1.54) is 0 Å². The van der Waals surface area contributed by atoms with Crippen LogP contribution in [0.5, 0.6) is 5.75 Å². The molecule has 2 aromatic rings. The summed E-state index contributed by atoms with van der Waals surface area (Å²) in [5, 5.41) is 1.14. The Morgan fingerprint density at radius 2 is 1.59 bits per heavy atom. The number of benzene rings is 2. The summed E-state index contributed by atoms with van der Waals surface area (Å²) in [6.07, 6.45) is 4.55. The van der Waals surface area contributed by atoms with Gasteiger partial charge in [0.1, 0.15) is 12.4 Å². The van der Waals surface area contributed by atoms with Crippen molar-refractivity contribution in [3.63, 3.8) is 0 Å². The quantitative estimate of drug-likeness (QED) is 0.447. The van der Waals surface area contributed by atoms with Crippen LogP contribution in [0.3, 0.4) is 0 Å². The lowest BCUT2D eigenvalue weighted by Gasteiger charge is -2.43. The SMILES string of the molecule is CCN1C2=C(C(=O)CCC2)C(c2cccc(OCc3ccc(Cl)cc3Cl)c2)C2=C1CCCC2=O. The molecule has 2 aliphatic carbocycles. The molecule has 6 heteroatoms. The number of Topliss-reactive ketones (excluding diaryl/α,β-unsaturated/α-hetero) is 2.